The van der Waals surface area contributed by atoms with Crippen LogP contribution in [0, 0.1) is 0 Å². The van der Waals surface area contributed by atoms with Crippen molar-refractivity contribution in [2.24, 2.45) is 0 Å². The molecule has 2 aromatic carbocycles. The van der Waals surface area contributed by atoms with E-state index >= 15 is 0 Å². The quantitative estimate of drug-likeness (QED) is 0.360. The Kier molecular flexibility index (Phi) is 7.81. The first-order chi connectivity index (χ1) is 17.9. The summed E-state index contributed by atoms with van der Waals surface area (Å²) in [7, 11) is -10.1. The summed E-state index contributed by atoms with van der Waals surface area (Å²) in [6, 6.07) is 8.94. The third-order valence-corrected chi connectivity index (χ3v) is 8.84. The summed E-state index contributed by atoms with van der Waals surface area (Å²) in [5.74, 6) is 0. The number of hydrogen-bond acceptors (Lipinski definition) is 7. The Hall–Kier alpha value is -3.05. The molecule has 0 N–H and O–H groups in total. The first-order valence-electron chi connectivity index (χ1n) is 12.6. The van der Waals surface area contributed by atoms with Gasteiger partial charge in [-0.3, -0.25) is 0 Å². The molecular weight excluding hydrogens is 524 g/mol. The number of hydrogen-bond donors (Lipinski definition) is 0. The van der Waals surface area contributed by atoms with E-state index in [2.05, 4.69) is 49.3 Å². The molecular formula is C28H31N2O6S2-. The average molecular weight is 556 g/mol. The van der Waals surface area contributed by atoms with Crippen molar-refractivity contribution in [3.8, 4) is 0 Å². The van der Waals surface area contributed by atoms with E-state index in [-0.39, 0.29) is 5.56 Å². The number of anilines is 1. The highest BCUT2D eigenvalue weighted by molar-refractivity contribution is 7.86. The van der Waals surface area contributed by atoms with E-state index in [0.29, 0.717) is 18.1 Å². The van der Waals surface area contributed by atoms with Crippen LogP contribution in [0.2, 0.25) is 0 Å². The second-order valence-corrected chi connectivity index (χ2v) is 11.9. The van der Waals surface area contributed by atoms with E-state index in [1.807, 2.05) is 24.3 Å². The molecule has 202 valence electrons. The van der Waals surface area contributed by atoms with Gasteiger partial charge in [0.05, 0.1) is 9.79 Å². The molecule has 0 aliphatic heterocycles. The van der Waals surface area contributed by atoms with E-state index in [0.717, 1.165) is 65.9 Å². The van der Waals surface area contributed by atoms with E-state index in [4.69, 9.17) is 0 Å². The summed E-state index contributed by atoms with van der Waals surface area (Å²) < 4.78 is 74.2. The minimum absolute atomic E-state index is 0.0702. The molecule has 0 unspecified atom stereocenters. The van der Waals surface area contributed by atoms with Crippen LogP contribution in [0.1, 0.15) is 44.4 Å². The maximum absolute atomic E-state index is 12.4. The average Bonchev–Trinajstić information content (AvgIpc) is 2.87. The van der Waals surface area contributed by atoms with Gasteiger partial charge < -0.3 is 14.0 Å². The number of fused-ring (bicyclic) bond motifs is 2. The van der Waals surface area contributed by atoms with Gasteiger partial charge in [-0.2, -0.15) is 0 Å². The lowest BCUT2D eigenvalue weighted by Gasteiger charge is -2.30. The van der Waals surface area contributed by atoms with Crippen molar-refractivity contribution in [3.63, 3.8) is 0 Å². The van der Waals surface area contributed by atoms with E-state index < -0.39 is 30.0 Å². The normalized spacial score (nSPS) is 15.2. The molecule has 0 heterocycles. The molecule has 0 saturated heterocycles. The molecule has 2 aliphatic carbocycles. The summed E-state index contributed by atoms with van der Waals surface area (Å²) in [5.41, 5.74) is 6.08. The van der Waals surface area contributed by atoms with Crippen molar-refractivity contribution in [1.29, 1.82) is 0 Å². The van der Waals surface area contributed by atoms with Gasteiger partial charge in [-0.15, -0.1) is 0 Å². The van der Waals surface area contributed by atoms with Crippen LogP contribution in [-0.2, 0) is 26.7 Å². The highest BCUT2D eigenvalue weighted by Gasteiger charge is 2.29. The Labute approximate surface area is 224 Å². The van der Waals surface area contributed by atoms with E-state index in [1.54, 1.807) is 0 Å². The van der Waals surface area contributed by atoms with Crippen LogP contribution in [0.3, 0.4) is 0 Å². The van der Waals surface area contributed by atoms with E-state index in [9.17, 15) is 25.9 Å². The van der Waals surface area contributed by atoms with Gasteiger partial charge in [-0.05, 0) is 92.3 Å². The lowest BCUT2D eigenvalue weighted by atomic mass is 9.77. The molecule has 0 radical (unpaired) electrons. The van der Waals surface area contributed by atoms with Crippen LogP contribution in [0.25, 0.3) is 5.57 Å². The Balaban J connectivity index is 2.07. The standard InChI is InChI=1S/C28H32N2O6S2/c1-5-29(6-2)21-9-12-24-19(16-21)15-20-17-22(30(7-3)8-4)10-13-25(20)28(24)26-14-11-23(37(31,32)33)18-27(26)38(34,35)36/h9-14,16-18H,5-8,15H2,1-4H3,(H-,31,32,33,34,35,36)/p-1. The second kappa shape index (κ2) is 10.6. The molecule has 0 atom stereocenters. The summed E-state index contributed by atoms with van der Waals surface area (Å²) in [5, 5.41) is 0. The van der Waals surface area contributed by atoms with Gasteiger partial charge in [0.2, 0.25) is 0 Å². The summed E-state index contributed by atoms with van der Waals surface area (Å²) in [4.78, 5) is 0.716. The lowest BCUT2D eigenvalue weighted by molar-refractivity contribution is -0.519. The molecule has 0 amide bonds. The summed E-state index contributed by atoms with van der Waals surface area (Å²) in [6.45, 7) is 11.6. The van der Waals surface area contributed by atoms with Crippen LogP contribution in [0.4, 0.5) is 5.69 Å². The van der Waals surface area contributed by atoms with Crippen molar-refractivity contribution in [3.05, 3.63) is 82.5 Å². The van der Waals surface area contributed by atoms with Gasteiger partial charge in [-0.1, -0.05) is 12.1 Å². The fourth-order valence-corrected chi connectivity index (χ4v) is 6.51. The maximum Gasteiger partial charge on any atom is 0.200 e. The number of allylic oxidation sites excluding steroid dienone is 5. The van der Waals surface area contributed by atoms with Crippen molar-refractivity contribution < 1.29 is 30.5 Å². The minimum atomic E-state index is -5.12. The Bertz CT molecular complexity index is 1620. The molecule has 0 bridgehead atoms. The third-order valence-electron chi connectivity index (χ3n) is 7.13. The number of nitrogens with zero attached hydrogens (tertiary/aromatic N) is 2. The minimum Gasteiger partial charge on any atom is -0.744 e. The largest absolute Gasteiger partial charge is 0.744 e. The maximum atomic E-state index is 12.4. The molecule has 38 heavy (non-hydrogen) atoms. The van der Waals surface area contributed by atoms with Gasteiger partial charge >= 0.3 is 0 Å². The van der Waals surface area contributed by atoms with Crippen LogP contribution >= 0.6 is 0 Å². The molecule has 8 nitrogen and oxygen atoms in total. The van der Waals surface area contributed by atoms with Crippen molar-refractivity contribution in [2.45, 2.75) is 43.9 Å². The van der Waals surface area contributed by atoms with Gasteiger partial charge in [0.1, 0.15) is 33.3 Å². The van der Waals surface area contributed by atoms with Crippen LogP contribution in [-0.4, -0.2) is 62.4 Å². The van der Waals surface area contributed by atoms with Gasteiger partial charge in [0.15, 0.2) is 5.71 Å². The highest BCUT2D eigenvalue weighted by atomic mass is 32.2. The van der Waals surface area contributed by atoms with Crippen LogP contribution in [0.15, 0.2) is 75.6 Å². The third kappa shape index (κ3) is 5.26. The van der Waals surface area contributed by atoms with Crippen molar-refractivity contribution >= 4 is 37.2 Å². The molecule has 0 spiro atoms. The fraction of sp³-hybridized carbons (Fsp3) is 0.321. The Morgan fingerprint density at radius 1 is 0.842 bits per heavy atom. The smallest absolute Gasteiger partial charge is 0.200 e. The Morgan fingerprint density at radius 2 is 1.50 bits per heavy atom. The predicted molar refractivity (Wildman–Crippen MR) is 146 cm³/mol. The van der Waals surface area contributed by atoms with E-state index in [1.165, 1.54) is 6.07 Å². The first-order valence-corrected chi connectivity index (χ1v) is 15.4. The van der Waals surface area contributed by atoms with Crippen LogP contribution < -0.4 is 4.90 Å². The van der Waals surface area contributed by atoms with Gasteiger partial charge in [0, 0.05) is 36.5 Å². The number of benzene rings is 2. The molecule has 0 fully saturated rings. The lowest BCUT2D eigenvalue weighted by Crippen LogP contribution is -2.23. The predicted octanol–water partition coefficient (Wildman–Crippen LogP) is 3.69. The van der Waals surface area contributed by atoms with Crippen LogP contribution in [0.5, 0.6) is 0 Å². The van der Waals surface area contributed by atoms with Gasteiger partial charge in [0.25, 0.3) is 0 Å². The summed E-state index contributed by atoms with van der Waals surface area (Å²) >= 11 is 0. The Morgan fingerprint density at radius 3 is 2.08 bits per heavy atom. The number of rotatable bonds is 8. The molecule has 4 rings (SSSR count). The molecule has 2 aliphatic rings. The van der Waals surface area contributed by atoms with Crippen molar-refractivity contribution in [2.75, 3.05) is 31.1 Å². The van der Waals surface area contributed by atoms with Gasteiger partial charge in [-0.25, -0.2) is 21.4 Å². The van der Waals surface area contributed by atoms with Crippen molar-refractivity contribution in [1.82, 2.24) is 0 Å². The fourth-order valence-electron chi connectivity index (χ4n) is 5.22. The monoisotopic (exact) mass is 555 g/mol. The SMILES string of the molecule is CCN(CC)c1ccc2c(c1)CC1=CC(=[N+](CC)CC)C=CC1=C2c1ccc(S(=O)(=O)[O-])cc1S(=O)(=O)[O-]. The molecule has 0 aromatic heterocycles. The first kappa shape index (κ1) is 28.0. The highest BCUT2D eigenvalue weighted by Crippen LogP contribution is 2.43. The molecule has 0 saturated carbocycles. The zero-order valence-electron chi connectivity index (χ0n) is 21.9. The topological polar surface area (TPSA) is 121 Å². The summed E-state index contributed by atoms with van der Waals surface area (Å²) in [6.07, 6.45) is 6.56. The zero-order chi connectivity index (χ0) is 27.8. The zero-order valence-corrected chi connectivity index (χ0v) is 23.5. The molecule has 10 heteroatoms. The molecule has 2 aromatic rings. The second-order valence-electron chi connectivity index (χ2n) is 9.15.